The summed E-state index contributed by atoms with van der Waals surface area (Å²) in [4.78, 5) is 27.7. The SMILES string of the molecule is NS(=O)(=O)c1ccc(NC(=O)COc2ccccc2/C=C2\S/C(=N\N=C\c3cc(Br)ccc3O)N(Cc3ccco3)C2=O)cc1. The van der Waals surface area contributed by atoms with Crippen molar-refractivity contribution in [3.8, 4) is 11.5 Å². The number of para-hydroxylation sites is 1. The Hall–Kier alpha value is -4.70. The fraction of sp³-hybridized carbons (Fsp3) is 0.0667. The summed E-state index contributed by atoms with van der Waals surface area (Å²) in [6.07, 6.45) is 4.52. The number of halogens is 1. The maximum Gasteiger partial charge on any atom is 0.267 e. The Morgan fingerprint density at radius 1 is 1.09 bits per heavy atom. The highest BCUT2D eigenvalue weighted by Crippen LogP contribution is 2.35. The van der Waals surface area contributed by atoms with Crippen molar-refractivity contribution in [1.29, 1.82) is 0 Å². The first-order valence-electron chi connectivity index (χ1n) is 13.0. The Morgan fingerprint density at radius 2 is 1.87 bits per heavy atom. The van der Waals surface area contributed by atoms with Gasteiger partial charge in [-0.2, -0.15) is 5.10 Å². The number of thioether (sulfide) groups is 1. The van der Waals surface area contributed by atoms with Gasteiger partial charge in [-0.25, -0.2) is 13.6 Å². The molecule has 12 nitrogen and oxygen atoms in total. The Bertz CT molecular complexity index is 1930. The molecule has 15 heteroatoms. The second-order valence-corrected chi connectivity index (χ2v) is 12.8. The summed E-state index contributed by atoms with van der Waals surface area (Å²) in [5.74, 6) is 0.0898. The number of phenols is 1. The van der Waals surface area contributed by atoms with Crippen molar-refractivity contribution in [2.75, 3.05) is 11.9 Å². The number of amides is 2. The van der Waals surface area contributed by atoms with Gasteiger partial charge in [0, 0.05) is 21.3 Å². The largest absolute Gasteiger partial charge is 0.507 e. The van der Waals surface area contributed by atoms with E-state index in [1.165, 1.54) is 47.7 Å². The molecule has 0 spiro atoms. The molecule has 1 aromatic heterocycles. The molecule has 1 aliphatic rings. The highest BCUT2D eigenvalue weighted by atomic mass is 79.9. The van der Waals surface area contributed by atoms with E-state index < -0.39 is 15.9 Å². The lowest BCUT2D eigenvalue weighted by molar-refractivity contribution is -0.122. The number of benzene rings is 3. The van der Waals surface area contributed by atoms with Crippen LogP contribution in [-0.2, 0) is 26.2 Å². The van der Waals surface area contributed by atoms with E-state index in [0.717, 1.165) is 16.2 Å². The number of hydrogen-bond donors (Lipinski definition) is 3. The second-order valence-electron chi connectivity index (χ2n) is 9.36. The monoisotopic (exact) mass is 709 g/mol. The number of anilines is 1. The zero-order valence-corrected chi connectivity index (χ0v) is 26.4. The molecule has 1 saturated heterocycles. The molecular formula is C30H24BrN5O7S2. The lowest BCUT2D eigenvalue weighted by atomic mass is 10.2. The summed E-state index contributed by atoms with van der Waals surface area (Å²) in [7, 11) is -3.85. The average Bonchev–Trinajstić information content (AvgIpc) is 3.62. The van der Waals surface area contributed by atoms with Crippen molar-refractivity contribution in [3.05, 3.63) is 111 Å². The van der Waals surface area contributed by atoms with Crippen LogP contribution in [0.1, 0.15) is 16.9 Å². The third kappa shape index (κ3) is 8.27. The summed E-state index contributed by atoms with van der Waals surface area (Å²) in [6, 6.07) is 20.6. The molecule has 2 amide bonds. The highest BCUT2D eigenvalue weighted by molar-refractivity contribution is 9.10. The summed E-state index contributed by atoms with van der Waals surface area (Å²) in [5, 5.41) is 26.5. The van der Waals surface area contributed by atoms with E-state index in [4.69, 9.17) is 14.3 Å². The Balaban J connectivity index is 1.33. The molecular weight excluding hydrogens is 686 g/mol. The first-order valence-corrected chi connectivity index (χ1v) is 16.2. The van der Waals surface area contributed by atoms with Crippen LogP contribution in [0.15, 0.2) is 114 Å². The topological polar surface area (TPSA) is 177 Å². The molecule has 0 aliphatic carbocycles. The predicted molar refractivity (Wildman–Crippen MR) is 174 cm³/mol. The summed E-state index contributed by atoms with van der Waals surface area (Å²) < 4.78 is 34.8. The molecule has 230 valence electrons. The summed E-state index contributed by atoms with van der Waals surface area (Å²) in [5.41, 5.74) is 1.34. The van der Waals surface area contributed by atoms with Crippen molar-refractivity contribution < 1.29 is 32.3 Å². The maximum atomic E-state index is 13.5. The van der Waals surface area contributed by atoms with Crippen LogP contribution in [0.25, 0.3) is 6.08 Å². The van der Waals surface area contributed by atoms with Crippen molar-refractivity contribution in [3.63, 3.8) is 0 Å². The number of nitrogens with one attached hydrogen (secondary N) is 1. The van der Waals surface area contributed by atoms with E-state index in [0.29, 0.717) is 38.4 Å². The smallest absolute Gasteiger partial charge is 0.267 e. The van der Waals surface area contributed by atoms with Crippen LogP contribution < -0.4 is 15.2 Å². The zero-order chi connectivity index (χ0) is 32.0. The number of nitrogens with zero attached hydrogens (tertiary/aromatic N) is 3. The fourth-order valence-electron chi connectivity index (χ4n) is 3.99. The molecule has 0 bridgehead atoms. The van der Waals surface area contributed by atoms with Crippen LogP contribution in [0.5, 0.6) is 11.5 Å². The number of phenolic OH excluding ortho intramolecular Hbond substituents is 1. The molecule has 4 N–H and O–H groups in total. The standard InChI is InChI=1S/C30H24BrN5O7S2/c31-21-7-12-25(37)20(14-21)16-33-35-30-36(17-23-5-3-13-42-23)29(39)27(44-30)15-19-4-1-2-6-26(19)43-18-28(38)34-22-8-10-24(11-9-22)45(32,40)41/h1-16,37H,17-18H2,(H,34,38)(H2,32,40,41)/b27-15-,33-16+,35-30-. The first kappa shape index (κ1) is 31.7. The quantitative estimate of drug-likeness (QED) is 0.118. The Labute approximate surface area is 270 Å². The van der Waals surface area contributed by atoms with Crippen LogP contribution in [0.4, 0.5) is 5.69 Å². The number of carbonyl (C=O) groups excluding carboxylic acids is 2. The molecule has 5 rings (SSSR count). The number of amidine groups is 1. The number of hydrogen-bond acceptors (Lipinski definition) is 10. The highest BCUT2D eigenvalue weighted by Gasteiger charge is 2.34. The molecule has 0 atom stereocenters. The van der Waals surface area contributed by atoms with Gasteiger partial charge in [0.2, 0.25) is 10.0 Å². The van der Waals surface area contributed by atoms with Crippen molar-refractivity contribution in [1.82, 2.24) is 4.90 Å². The van der Waals surface area contributed by atoms with Gasteiger partial charge in [0.25, 0.3) is 11.8 Å². The average molecular weight is 711 g/mol. The molecule has 2 heterocycles. The van der Waals surface area contributed by atoms with E-state index in [1.807, 2.05) is 0 Å². The lowest BCUT2D eigenvalue weighted by Gasteiger charge is -2.12. The fourth-order valence-corrected chi connectivity index (χ4v) is 5.81. The molecule has 0 unspecified atom stereocenters. The number of aromatic hydroxyl groups is 1. The van der Waals surface area contributed by atoms with E-state index >= 15 is 0 Å². The number of primary sulfonamides is 1. The molecule has 4 aromatic rings. The number of nitrogens with two attached hydrogens (primary N) is 1. The molecule has 0 saturated carbocycles. The van der Waals surface area contributed by atoms with E-state index in [-0.39, 0.29) is 29.7 Å². The van der Waals surface area contributed by atoms with Gasteiger partial charge < -0.3 is 19.6 Å². The van der Waals surface area contributed by atoms with Gasteiger partial charge in [0.15, 0.2) is 11.8 Å². The van der Waals surface area contributed by atoms with Crippen LogP contribution in [-0.4, -0.2) is 48.2 Å². The normalized spacial score (nSPS) is 15.3. The molecule has 0 radical (unpaired) electrons. The minimum absolute atomic E-state index is 0.0237. The van der Waals surface area contributed by atoms with Crippen LogP contribution in [0.2, 0.25) is 0 Å². The minimum atomic E-state index is -3.85. The number of furan rings is 1. The maximum absolute atomic E-state index is 13.5. The number of carbonyl (C=O) groups is 2. The molecule has 1 fully saturated rings. The van der Waals surface area contributed by atoms with Crippen molar-refractivity contribution in [2.45, 2.75) is 11.4 Å². The number of rotatable bonds is 10. The molecule has 45 heavy (non-hydrogen) atoms. The zero-order valence-electron chi connectivity index (χ0n) is 23.2. The van der Waals surface area contributed by atoms with E-state index in [9.17, 15) is 23.1 Å². The third-order valence-electron chi connectivity index (χ3n) is 6.14. The van der Waals surface area contributed by atoms with Gasteiger partial charge in [0.05, 0.1) is 28.8 Å². The van der Waals surface area contributed by atoms with Crippen molar-refractivity contribution in [2.24, 2.45) is 15.3 Å². The summed E-state index contributed by atoms with van der Waals surface area (Å²) >= 11 is 4.45. The lowest BCUT2D eigenvalue weighted by Crippen LogP contribution is -2.28. The van der Waals surface area contributed by atoms with Crippen LogP contribution >= 0.6 is 27.7 Å². The van der Waals surface area contributed by atoms with Gasteiger partial charge >= 0.3 is 0 Å². The third-order valence-corrected chi connectivity index (χ3v) is 8.56. The van der Waals surface area contributed by atoms with Crippen molar-refractivity contribution >= 4 is 72.7 Å². The van der Waals surface area contributed by atoms with Gasteiger partial charge in [-0.1, -0.05) is 34.1 Å². The minimum Gasteiger partial charge on any atom is -0.507 e. The Kier molecular flexibility index (Phi) is 9.83. The first-order chi connectivity index (χ1) is 21.6. The van der Waals surface area contributed by atoms with Gasteiger partial charge in [0.1, 0.15) is 17.3 Å². The Morgan fingerprint density at radius 3 is 2.60 bits per heavy atom. The van der Waals surface area contributed by atoms with Crippen LogP contribution in [0, 0.1) is 0 Å². The van der Waals surface area contributed by atoms with E-state index in [2.05, 4.69) is 31.4 Å². The van der Waals surface area contributed by atoms with Gasteiger partial charge in [-0.05, 0) is 78.5 Å². The van der Waals surface area contributed by atoms with Gasteiger partial charge in [-0.3, -0.25) is 14.5 Å². The van der Waals surface area contributed by atoms with E-state index in [1.54, 1.807) is 54.6 Å². The van der Waals surface area contributed by atoms with Crippen LogP contribution in [0.3, 0.4) is 0 Å². The molecule has 3 aromatic carbocycles. The number of ether oxygens (including phenoxy) is 1. The second kappa shape index (κ2) is 13.9. The molecule has 1 aliphatic heterocycles. The number of sulfonamides is 1. The van der Waals surface area contributed by atoms with Gasteiger partial charge in [-0.15, -0.1) is 5.10 Å². The predicted octanol–water partition coefficient (Wildman–Crippen LogP) is 4.92. The summed E-state index contributed by atoms with van der Waals surface area (Å²) in [6.45, 7) is -0.240.